The van der Waals surface area contributed by atoms with Gasteiger partial charge >= 0.3 is 5.97 Å². The van der Waals surface area contributed by atoms with Gasteiger partial charge in [0.1, 0.15) is 5.52 Å². The van der Waals surface area contributed by atoms with Gasteiger partial charge in [0.15, 0.2) is 0 Å². The first-order chi connectivity index (χ1) is 9.67. The average molecular weight is 275 g/mol. The van der Waals surface area contributed by atoms with Crippen LogP contribution >= 0.6 is 0 Å². The number of fused-ring (bicyclic) bond motifs is 1. The Morgan fingerprint density at radius 2 is 2.10 bits per heavy atom. The minimum Gasteiger partial charge on any atom is -0.478 e. The van der Waals surface area contributed by atoms with Crippen LogP contribution in [0.1, 0.15) is 30.6 Å². The summed E-state index contributed by atoms with van der Waals surface area (Å²) in [6.45, 7) is 8.35. The number of hydrogen-bond donors (Lipinski definition) is 1. The number of carboxylic acids is 1. The van der Waals surface area contributed by atoms with Crippen LogP contribution in [0.15, 0.2) is 24.5 Å². The molecule has 5 heteroatoms. The minimum atomic E-state index is -0.927. The first-order valence-corrected chi connectivity index (χ1v) is 7.06. The topological polar surface area (TPSA) is 58.4 Å². The third-order valence-electron chi connectivity index (χ3n) is 3.65. The van der Waals surface area contributed by atoms with E-state index in [9.17, 15) is 4.79 Å². The standard InChI is InChI=1S/C15H21N3O2/c1-3-17(4-2)9-6-10-18-11-16-14-12(15(19)20)7-5-8-13(14)18/h5,7-8,11H,3-4,6,9-10H2,1-2H3,(H,19,20). The fourth-order valence-electron chi connectivity index (χ4n) is 2.44. The van der Waals surface area contributed by atoms with Crippen LogP contribution in [-0.4, -0.2) is 45.2 Å². The second kappa shape index (κ2) is 6.52. The number of carbonyl (C=O) groups is 1. The molecule has 0 unspecified atom stereocenters. The third kappa shape index (κ3) is 2.99. The summed E-state index contributed by atoms with van der Waals surface area (Å²) in [5.41, 5.74) is 1.73. The van der Waals surface area contributed by atoms with Crippen LogP contribution in [0.2, 0.25) is 0 Å². The van der Waals surface area contributed by atoms with E-state index in [1.807, 2.05) is 10.6 Å². The molecule has 2 rings (SSSR count). The fraction of sp³-hybridized carbons (Fsp3) is 0.467. The summed E-state index contributed by atoms with van der Waals surface area (Å²) in [5.74, 6) is -0.927. The first kappa shape index (κ1) is 14.5. The van der Waals surface area contributed by atoms with E-state index in [4.69, 9.17) is 5.11 Å². The highest BCUT2D eigenvalue weighted by atomic mass is 16.4. The van der Waals surface area contributed by atoms with Crippen molar-refractivity contribution in [1.82, 2.24) is 14.5 Å². The number of benzene rings is 1. The number of aromatic nitrogens is 2. The molecule has 20 heavy (non-hydrogen) atoms. The number of para-hydroxylation sites is 1. The van der Waals surface area contributed by atoms with Crippen molar-refractivity contribution in [3.8, 4) is 0 Å². The molecule has 1 N–H and O–H groups in total. The van der Waals surface area contributed by atoms with Gasteiger partial charge in [-0.2, -0.15) is 0 Å². The van der Waals surface area contributed by atoms with Crippen molar-refractivity contribution in [2.45, 2.75) is 26.8 Å². The van der Waals surface area contributed by atoms with Crippen LogP contribution in [0.4, 0.5) is 0 Å². The van der Waals surface area contributed by atoms with Crippen molar-refractivity contribution >= 4 is 17.0 Å². The maximum Gasteiger partial charge on any atom is 0.337 e. The highest BCUT2D eigenvalue weighted by Gasteiger charge is 2.12. The van der Waals surface area contributed by atoms with Crippen molar-refractivity contribution in [3.05, 3.63) is 30.1 Å². The van der Waals surface area contributed by atoms with Gasteiger partial charge in [-0.25, -0.2) is 9.78 Å². The Labute approximate surface area is 118 Å². The summed E-state index contributed by atoms with van der Waals surface area (Å²) in [7, 11) is 0. The Morgan fingerprint density at radius 3 is 2.75 bits per heavy atom. The Kier molecular flexibility index (Phi) is 4.74. The Bertz CT molecular complexity index is 588. The predicted molar refractivity (Wildman–Crippen MR) is 79.1 cm³/mol. The second-order valence-corrected chi connectivity index (χ2v) is 4.80. The minimum absolute atomic E-state index is 0.269. The van der Waals surface area contributed by atoms with Crippen molar-refractivity contribution < 1.29 is 9.90 Å². The largest absolute Gasteiger partial charge is 0.478 e. The fourth-order valence-corrected chi connectivity index (χ4v) is 2.44. The van der Waals surface area contributed by atoms with Gasteiger partial charge in [0.25, 0.3) is 0 Å². The molecule has 5 nitrogen and oxygen atoms in total. The van der Waals surface area contributed by atoms with Gasteiger partial charge in [0, 0.05) is 6.54 Å². The molecule has 0 aliphatic heterocycles. The lowest BCUT2D eigenvalue weighted by atomic mass is 10.2. The average Bonchev–Trinajstić information content (AvgIpc) is 2.86. The molecule has 1 heterocycles. The normalized spacial score (nSPS) is 11.3. The zero-order valence-electron chi connectivity index (χ0n) is 12.0. The smallest absolute Gasteiger partial charge is 0.337 e. The Morgan fingerprint density at radius 1 is 1.35 bits per heavy atom. The highest BCUT2D eigenvalue weighted by Crippen LogP contribution is 2.17. The molecule has 0 radical (unpaired) electrons. The van der Waals surface area contributed by atoms with Crippen LogP contribution in [-0.2, 0) is 6.54 Å². The van der Waals surface area contributed by atoms with E-state index in [0.29, 0.717) is 5.52 Å². The summed E-state index contributed by atoms with van der Waals surface area (Å²) in [6.07, 6.45) is 2.77. The van der Waals surface area contributed by atoms with Crippen LogP contribution in [0.25, 0.3) is 11.0 Å². The van der Waals surface area contributed by atoms with Crippen LogP contribution in [0.5, 0.6) is 0 Å². The lowest BCUT2D eigenvalue weighted by Gasteiger charge is -2.17. The molecule has 1 aromatic heterocycles. The van der Waals surface area contributed by atoms with Gasteiger partial charge in [0.05, 0.1) is 17.4 Å². The molecule has 2 aromatic rings. The molecule has 0 atom stereocenters. The first-order valence-electron chi connectivity index (χ1n) is 7.06. The molecule has 1 aromatic carbocycles. The Hall–Kier alpha value is -1.88. The second-order valence-electron chi connectivity index (χ2n) is 4.80. The van der Waals surface area contributed by atoms with Crippen molar-refractivity contribution in [2.75, 3.05) is 19.6 Å². The molecule has 0 spiro atoms. The van der Waals surface area contributed by atoms with Crippen molar-refractivity contribution in [1.29, 1.82) is 0 Å². The van der Waals surface area contributed by atoms with Gasteiger partial charge in [-0.15, -0.1) is 0 Å². The number of aromatic carboxylic acids is 1. The van der Waals surface area contributed by atoms with E-state index in [1.54, 1.807) is 18.5 Å². The van der Waals surface area contributed by atoms with Gasteiger partial charge in [0.2, 0.25) is 0 Å². The number of nitrogens with zero attached hydrogens (tertiary/aromatic N) is 3. The lowest BCUT2D eigenvalue weighted by molar-refractivity contribution is 0.0699. The molecule has 0 aliphatic carbocycles. The van der Waals surface area contributed by atoms with Crippen molar-refractivity contribution in [2.24, 2.45) is 0 Å². The zero-order valence-corrected chi connectivity index (χ0v) is 12.0. The molecular weight excluding hydrogens is 254 g/mol. The van der Waals surface area contributed by atoms with Gasteiger partial charge < -0.3 is 14.6 Å². The Balaban J connectivity index is 2.12. The molecule has 108 valence electrons. The van der Waals surface area contributed by atoms with Gasteiger partial charge in [-0.05, 0) is 38.2 Å². The lowest BCUT2D eigenvalue weighted by Crippen LogP contribution is -2.24. The number of hydrogen-bond acceptors (Lipinski definition) is 3. The van der Waals surface area contributed by atoms with E-state index in [0.717, 1.165) is 38.1 Å². The molecule has 0 saturated carbocycles. The predicted octanol–water partition coefficient (Wildman–Crippen LogP) is 2.47. The van der Waals surface area contributed by atoms with E-state index in [2.05, 4.69) is 23.7 Å². The summed E-state index contributed by atoms with van der Waals surface area (Å²) in [4.78, 5) is 17.8. The van der Waals surface area contributed by atoms with Crippen molar-refractivity contribution in [3.63, 3.8) is 0 Å². The zero-order chi connectivity index (χ0) is 14.5. The van der Waals surface area contributed by atoms with E-state index in [1.165, 1.54) is 0 Å². The van der Waals surface area contributed by atoms with Gasteiger partial charge in [-0.3, -0.25) is 0 Å². The van der Waals surface area contributed by atoms with Crippen LogP contribution in [0.3, 0.4) is 0 Å². The van der Waals surface area contributed by atoms with Crippen LogP contribution < -0.4 is 0 Å². The number of imidazole rings is 1. The number of aryl methyl sites for hydroxylation is 1. The summed E-state index contributed by atoms with van der Waals surface area (Å²) in [6, 6.07) is 5.29. The molecule has 0 aliphatic rings. The molecule has 0 amide bonds. The monoisotopic (exact) mass is 275 g/mol. The summed E-state index contributed by atoms with van der Waals surface area (Å²) in [5, 5.41) is 9.15. The van der Waals surface area contributed by atoms with E-state index < -0.39 is 5.97 Å². The number of rotatable bonds is 7. The molecule has 0 saturated heterocycles. The van der Waals surface area contributed by atoms with E-state index >= 15 is 0 Å². The van der Waals surface area contributed by atoms with Gasteiger partial charge in [-0.1, -0.05) is 19.9 Å². The molecule has 0 bridgehead atoms. The molecule has 0 fully saturated rings. The maximum absolute atomic E-state index is 11.1. The highest BCUT2D eigenvalue weighted by molar-refractivity contribution is 6.00. The number of carboxylic acid groups (broad SMARTS) is 1. The SMILES string of the molecule is CCN(CC)CCCn1cnc2c(C(=O)O)cccc21. The van der Waals surface area contributed by atoms with Crippen LogP contribution in [0, 0.1) is 0 Å². The quantitative estimate of drug-likeness (QED) is 0.843. The molecular formula is C15H21N3O2. The van der Waals surface area contributed by atoms with E-state index in [-0.39, 0.29) is 5.56 Å². The summed E-state index contributed by atoms with van der Waals surface area (Å²) < 4.78 is 2.03. The summed E-state index contributed by atoms with van der Waals surface area (Å²) >= 11 is 0. The third-order valence-corrected chi connectivity index (χ3v) is 3.65. The maximum atomic E-state index is 11.1.